The Morgan fingerprint density at radius 1 is 1.24 bits per heavy atom. The van der Waals surface area contributed by atoms with Crippen molar-refractivity contribution in [2.75, 3.05) is 26.2 Å². The van der Waals surface area contributed by atoms with Gasteiger partial charge in [0.2, 0.25) is 0 Å². The molecule has 0 bridgehead atoms. The lowest BCUT2D eigenvalue weighted by atomic mass is 9.78. The van der Waals surface area contributed by atoms with Crippen LogP contribution in [-0.4, -0.2) is 42.0 Å². The number of hydrogen-bond donors (Lipinski definition) is 1. The van der Waals surface area contributed by atoms with Gasteiger partial charge in [-0.1, -0.05) is 0 Å². The Morgan fingerprint density at radius 3 is 2.52 bits per heavy atom. The molecule has 2 aliphatic rings. The lowest BCUT2D eigenvalue weighted by molar-refractivity contribution is 0.0607. The van der Waals surface area contributed by atoms with Crippen molar-refractivity contribution in [3.8, 4) is 0 Å². The van der Waals surface area contributed by atoms with E-state index in [-0.39, 0.29) is 30.7 Å². The molecule has 0 radical (unpaired) electrons. The van der Waals surface area contributed by atoms with Crippen molar-refractivity contribution in [2.24, 2.45) is 5.41 Å². The first-order valence-electron chi connectivity index (χ1n) is 6.79. The van der Waals surface area contributed by atoms with E-state index in [1.54, 1.807) is 0 Å². The maximum Gasteiger partial charge on any atom is 0.255 e. The van der Waals surface area contributed by atoms with E-state index in [1.165, 1.54) is 18.7 Å². The second-order valence-electron chi connectivity index (χ2n) is 5.61. The number of pyridine rings is 1. The Hall–Kier alpha value is -0.910. The van der Waals surface area contributed by atoms with Crippen molar-refractivity contribution in [3.05, 3.63) is 29.8 Å². The zero-order chi connectivity index (χ0) is 13.3. The smallest absolute Gasteiger partial charge is 0.255 e. The van der Waals surface area contributed by atoms with Gasteiger partial charge in [-0.2, -0.15) is 0 Å². The van der Waals surface area contributed by atoms with E-state index in [4.69, 9.17) is 0 Å². The molecule has 7 heteroatoms. The summed E-state index contributed by atoms with van der Waals surface area (Å²) in [5.41, 5.74) is 0.734. The minimum absolute atomic E-state index is 0. The van der Waals surface area contributed by atoms with Gasteiger partial charge in [-0.05, 0) is 37.3 Å². The number of hydrogen-bond acceptors (Lipinski definition) is 3. The third-order valence-electron chi connectivity index (χ3n) is 4.40. The lowest BCUT2D eigenvalue weighted by Crippen LogP contribution is -2.44. The average Bonchev–Trinajstić information content (AvgIpc) is 2.87. The third-order valence-corrected chi connectivity index (χ3v) is 4.40. The lowest BCUT2D eigenvalue weighted by Gasteiger charge is -2.38. The van der Waals surface area contributed by atoms with Gasteiger partial charge in [-0.15, -0.1) is 24.8 Å². The third kappa shape index (κ3) is 3.84. The molecule has 0 atom stereocenters. The van der Waals surface area contributed by atoms with Gasteiger partial charge < -0.3 is 10.2 Å². The first kappa shape index (κ1) is 18.1. The Labute approximate surface area is 136 Å². The summed E-state index contributed by atoms with van der Waals surface area (Å²) in [7, 11) is 0. The van der Waals surface area contributed by atoms with Crippen molar-refractivity contribution >= 4 is 30.7 Å². The number of carbonyl (C=O) groups is 1. The first-order chi connectivity index (χ1) is 9.19. The molecule has 0 aromatic carbocycles. The molecule has 1 aromatic heterocycles. The minimum atomic E-state index is -0.459. The zero-order valence-corrected chi connectivity index (χ0v) is 13.3. The standard InChI is InChI=1S/C14H18FN3O.2ClH/c15-12-7-11(8-17-9-12)13(19)18-5-2-14(3-6-18)1-4-16-10-14;;/h7-9,16H,1-6,10H2;2*1H. The van der Waals surface area contributed by atoms with Crippen LogP contribution in [0.4, 0.5) is 4.39 Å². The summed E-state index contributed by atoms with van der Waals surface area (Å²) in [6.45, 7) is 3.67. The van der Waals surface area contributed by atoms with Gasteiger partial charge in [-0.3, -0.25) is 9.78 Å². The highest BCUT2D eigenvalue weighted by Crippen LogP contribution is 2.37. The fourth-order valence-electron chi connectivity index (χ4n) is 3.12. The second kappa shape index (κ2) is 7.38. The molecule has 3 heterocycles. The van der Waals surface area contributed by atoms with E-state index in [2.05, 4.69) is 10.3 Å². The zero-order valence-electron chi connectivity index (χ0n) is 11.7. The molecule has 2 aliphatic heterocycles. The van der Waals surface area contributed by atoms with E-state index in [9.17, 15) is 9.18 Å². The van der Waals surface area contributed by atoms with Crippen molar-refractivity contribution in [3.63, 3.8) is 0 Å². The van der Waals surface area contributed by atoms with Crippen LogP contribution in [0.3, 0.4) is 0 Å². The minimum Gasteiger partial charge on any atom is -0.339 e. The monoisotopic (exact) mass is 335 g/mol. The highest BCUT2D eigenvalue weighted by molar-refractivity contribution is 5.94. The summed E-state index contributed by atoms with van der Waals surface area (Å²) < 4.78 is 13.1. The quantitative estimate of drug-likeness (QED) is 0.856. The van der Waals surface area contributed by atoms with E-state index in [0.29, 0.717) is 11.0 Å². The van der Waals surface area contributed by atoms with Gasteiger partial charge in [0.1, 0.15) is 5.82 Å². The molecule has 2 fully saturated rings. The van der Waals surface area contributed by atoms with Gasteiger partial charge in [0, 0.05) is 25.8 Å². The molecule has 0 unspecified atom stereocenters. The van der Waals surface area contributed by atoms with E-state index < -0.39 is 5.82 Å². The largest absolute Gasteiger partial charge is 0.339 e. The molecule has 21 heavy (non-hydrogen) atoms. The Balaban J connectivity index is 0.00000110. The molecule has 4 nitrogen and oxygen atoms in total. The predicted octanol–water partition coefficient (Wildman–Crippen LogP) is 2.28. The van der Waals surface area contributed by atoms with Crippen LogP contribution in [0.1, 0.15) is 29.6 Å². The second-order valence-corrected chi connectivity index (χ2v) is 5.61. The van der Waals surface area contributed by atoms with Crippen LogP contribution in [0.15, 0.2) is 18.5 Å². The molecule has 1 amide bonds. The van der Waals surface area contributed by atoms with Gasteiger partial charge in [0.05, 0.1) is 11.8 Å². The molecule has 1 aromatic rings. The molecule has 3 rings (SSSR count). The maximum atomic E-state index is 13.1. The van der Waals surface area contributed by atoms with Crippen LogP contribution in [0.5, 0.6) is 0 Å². The molecular formula is C14H20Cl2FN3O. The van der Waals surface area contributed by atoms with Crippen LogP contribution in [-0.2, 0) is 0 Å². The summed E-state index contributed by atoms with van der Waals surface area (Å²) in [5.74, 6) is -0.563. The van der Waals surface area contributed by atoms with Crippen LogP contribution in [0, 0.1) is 11.2 Å². The van der Waals surface area contributed by atoms with Crippen molar-refractivity contribution in [2.45, 2.75) is 19.3 Å². The number of carbonyl (C=O) groups excluding carboxylic acids is 1. The van der Waals surface area contributed by atoms with Crippen molar-refractivity contribution in [1.82, 2.24) is 15.2 Å². The topological polar surface area (TPSA) is 45.2 Å². The number of rotatable bonds is 1. The van der Waals surface area contributed by atoms with Gasteiger partial charge in [0.25, 0.3) is 5.91 Å². The SMILES string of the molecule is Cl.Cl.O=C(c1cncc(F)c1)N1CCC2(CCNC2)CC1. The number of aromatic nitrogens is 1. The maximum absolute atomic E-state index is 13.1. The van der Waals surface area contributed by atoms with Crippen molar-refractivity contribution in [1.29, 1.82) is 0 Å². The van der Waals surface area contributed by atoms with E-state index in [1.807, 2.05) is 4.90 Å². The Bertz CT molecular complexity index is 485. The van der Waals surface area contributed by atoms with E-state index in [0.717, 1.165) is 45.2 Å². The summed E-state index contributed by atoms with van der Waals surface area (Å²) in [6, 6.07) is 1.26. The molecule has 2 saturated heterocycles. The fourth-order valence-corrected chi connectivity index (χ4v) is 3.12. The van der Waals surface area contributed by atoms with E-state index >= 15 is 0 Å². The number of piperidine rings is 1. The normalized spacial score (nSPS) is 19.8. The molecule has 0 saturated carbocycles. The molecule has 118 valence electrons. The van der Waals surface area contributed by atoms with Crippen molar-refractivity contribution < 1.29 is 9.18 Å². The first-order valence-corrected chi connectivity index (χ1v) is 6.79. The average molecular weight is 336 g/mol. The number of amides is 1. The molecule has 1 N–H and O–H groups in total. The Kier molecular flexibility index (Phi) is 6.38. The van der Waals surface area contributed by atoms with Gasteiger partial charge >= 0.3 is 0 Å². The number of likely N-dealkylation sites (tertiary alicyclic amines) is 1. The summed E-state index contributed by atoms with van der Waals surface area (Å²) in [4.78, 5) is 17.8. The highest BCUT2D eigenvalue weighted by atomic mass is 35.5. The number of nitrogens with one attached hydrogen (secondary N) is 1. The van der Waals surface area contributed by atoms with Crippen LogP contribution >= 0.6 is 24.8 Å². The summed E-state index contributed by atoms with van der Waals surface area (Å²) >= 11 is 0. The molecular weight excluding hydrogens is 316 g/mol. The summed E-state index contributed by atoms with van der Waals surface area (Å²) in [5, 5.41) is 3.40. The van der Waals surface area contributed by atoms with Crippen LogP contribution in [0.25, 0.3) is 0 Å². The highest BCUT2D eigenvalue weighted by Gasteiger charge is 2.38. The number of nitrogens with zero attached hydrogens (tertiary/aromatic N) is 2. The number of halogens is 3. The summed E-state index contributed by atoms with van der Waals surface area (Å²) in [6.07, 6.45) is 5.83. The predicted molar refractivity (Wildman–Crippen MR) is 83.7 cm³/mol. The van der Waals surface area contributed by atoms with Crippen LogP contribution in [0.2, 0.25) is 0 Å². The Morgan fingerprint density at radius 2 is 1.95 bits per heavy atom. The van der Waals surface area contributed by atoms with Gasteiger partial charge in [0.15, 0.2) is 0 Å². The van der Waals surface area contributed by atoms with Crippen LogP contribution < -0.4 is 5.32 Å². The molecule has 0 aliphatic carbocycles. The van der Waals surface area contributed by atoms with Gasteiger partial charge in [-0.25, -0.2) is 4.39 Å². The fraction of sp³-hybridized carbons (Fsp3) is 0.571. The molecule has 1 spiro atoms.